The number of esters is 1. The number of H-pyrrole nitrogens is 1. The summed E-state index contributed by atoms with van der Waals surface area (Å²) >= 11 is 0. The maximum absolute atomic E-state index is 12.6. The van der Waals surface area contributed by atoms with Gasteiger partial charge in [-0.1, -0.05) is 13.8 Å². The van der Waals surface area contributed by atoms with Crippen molar-refractivity contribution < 1.29 is 28.5 Å². The van der Waals surface area contributed by atoms with Gasteiger partial charge in [0.25, 0.3) is 5.56 Å². The van der Waals surface area contributed by atoms with Gasteiger partial charge in [-0.3, -0.25) is 14.6 Å². The largest absolute Gasteiger partial charge is 0.461 e. The topological polar surface area (TPSA) is 160 Å². The number of aromatic nitrogens is 3. The van der Waals surface area contributed by atoms with Gasteiger partial charge in [-0.25, -0.2) is 4.79 Å². The van der Waals surface area contributed by atoms with Gasteiger partial charge in [-0.2, -0.15) is 4.98 Å². The molecule has 1 unspecified atom stereocenters. The van der Waals surface area contributed by atoms with Gasteiger partial charge in [-0.15, -0.1) is 0 Å². The number of hydrogen-bond acceptors (Lipinski definition) is 9. The molecule has 0 aliphatic carbocycles. The summed E-state index contributed by atoms with van der Waals surface area (Å²) < 4.78 is 25.5. The molecule has 2 aliphatic rings. The van der Waals surface area contributed by atoms with Crippen molar-refractivity contribution in [2.45, 2.75) is 71.0 Å². The van der Waals surface area contributed by atoms with Gasteiger partial charge in [-0.05, 0) is 25.8 Å². The lowest BCUT2D eigenvalue weighted by Crippen LogP contribution is -2.45. The molecule has 5 atom stereocenters. The number of carbonyl (C=O) groups is 2. The number of carbonyl (C=O) groups excluding carboxylic acids is 2. The minimum Gasteiger partial charge on any atom is -0.461 e. The van der Waals surface area contributed by atoms with Crippen LogP contribution in [0.5, 0.6) is 0 Å². The van der Waals surface area contributed by atoms with E-state index in [2.05, 4.69) is 15.3 Å². The van der Waals surface area contributed by atoms with Gasteiger partial charge in [0, 0.05) is 13.1 Å². The zero-order valence-electron chi connectivity index (χ0n) is 19.2. The molecule has 33 heavy (non-hydrogen) atoms. The number of hydrogen-bond donors (Lipinski definition) is 3. The first-order valence-electron chi connectivity index (χ1n) is 10.8. The van der Waals surface area contributed by atoms with Crippen LogP contribution >= 0.6 is 0 Å². The third-order valence-corrected chi connectivity index (χ3v) is 5.67. The van der Waals surface area contributed by atoms with E-state index in [0.29, 0.717) is 11.0 Å². The van der Waals surface area contributed by atoms with Crippen molar-refractivity contribution in [2.75, 3.05) is 12.3 Å². The summed E-state index contributed by atoms with van der Waals surface area (Å²) in [7, 11) is 0. The van der Waals surface area contributed by atoms with Crippen LogP contribution in [-0.2, 0) is 28.5 Å². The predicted octanol–water partition coefficient (Wildman–Crippen LogP) is 0.428. The monoisotopic (exact) mass is 463 g/mol. The van der Waals surface area contributed by atoms with E-state index in [4.69, 9.17) is 24.7 Å². The summed E-state index contributed by atoms with van der Waals surface area (Å²) in [5.74, 6) is -1.94. The van der Waals surface area contributed by atoms with Crippen LogP contribution in [0, 0.1) is 5.92 Å². The molecule has 0 aromatic carbocycles. The number of nitrogens with zero attached hydrogens (tertiary/aromatic N) is 2. The Morgan fingerprint density at radius 2 is 2.03 bits per heavy atom. The van der Waals surface area contributed by atoms with E-state index in [9.17, 15) is 14.4 Å². The van der Waals surface area contributed by atoms with Crippen molar-refractivity contribution in [1.82, 2.24) is 19.9 Å². The third kappa shape index (κ3) is 4.45. The van der Waals surface area contributed by atoms with Gasteiger partial charge < -0.3 is 34.6 Å². The Balaban J connectivity index is 1.57. The van der Waals surface area contributed by atoms with Gasteiger partial charge >= 0.3 is 5.97 Å². The molecule has 1 amide bonds. The lowest BCUT2D eigenvalue weighted by atomic mass is 10.0. The molecule has 4 rings (SSSR count). The fourth-order valence-corrected chi connectivity index (χ4v) is 4.25. The molecule has 0 bridgehead atoms. The van der Waals surface area contributed by atoms with Crippen LogP contribution in [0.25, 0.3) is 11.0 Å². The molecule has 0 saturated carbocycles. The lowest BCUT2D eigenvalue weighted by Gasteiger charge is -2.25. The minimum absolute atomic E-state index is 0.0194. The first-order chi connectivity index (χ1) is 15.5. The van der Waals surface area contributed by atoms with Crippen LogP contribution in [0.15, 0.2) is 17.1 Å². The molecule has 2 saturated heterocycles. The smallest absolute Gasteiger partial charge is 0.328 e. The highest BCUT2D eigenvalue weighted by molar-refractivity contribution is 5.83. The Hall–Kier alpha value is -2.96. The van der Waals surface area contributed by atoms with Gasteiger partial charge in [0.15, 0.2) is 17.7 Å². The lowest BCUT2D eigenvalue weighted by molar-refractivity contribution is -0.202. The van der Waals surface area contributed by atoms with Gasteiger partial charge in [0.2, 0.25) is 11.9 Å². The maximum Gasteiger partial charge on any atom is 0.328 e. The molecule has 0 radical (unpaired) electrons. The summed E-state index contributed by atoms with van der Waals surface area (Å²) in [4.78, 5) is 43.0. The van der Waals surface area contributed by atoms with Crippen LogP contribution < -0.4 is 16.6 Å². The molecule has 2 aromatic rings. The molecule has 4 heterocycles. The quantitative estimate of drug-likeness (QED) is 0.516. The molecule has 2 aliphatic heterocycles. The van der Waals surface area contributed by atoms with E-state index < -0.39 is 42.3 Å². The number of amides is 1. The summed E-state index contributed by atoms with van der Waals surface area (Å²) in [5, 5.41) is 2.96. The number of nitrogens with one attached hydrogen (secondary N) is 2. The Kier molecular flexibility index (Phi) is 5.93. The Bertz CT molecular complexity index is 1120. The van der Waals surface area contributed by atoms with Crippen molar-refractivity contribution in [2.24, 2.45) is 5.92 Å². The molecule has 180 valence electrons. The molecule has 12 nitrogen and oxygen atoms in total. The number of nitrogen functional groups attached to an aromatic ring is 1. The number of nitrogens with two attached hydrogens (primary N) is 1. The maximum atomic E-state index is 12.6. The summed E-state index contributed by atoms with van der Waals surface area (Å²) in [5.41, 5.74) is 5.71. The zero-order valence-corrected chi connectivity index (χ0v) is 19.2. The normalized spacial score (nSPS) is 27.0. The highest BCUT2D eigenvalue weighted by atomic mass is 16.8. The van der Waals surface area contributed by atoms with E-state index in [1.165, 1.54) is 6.92 Å². The van der Waals surface area contributed by atoms with Crippen LogP contribution in [0.4, 0.5) is 5.95 Å². The number of rotatable bonds is 6. The van der Waals surface area contributed by atoms with Crippen LogP contribution in [0.2, 0.25) is 0 Å². The van der Waals surface area contributed by atoms with Gasteiger partial charge in [0.05, 0.1) is 5.39 Å². The Morgan fingerprint density at radius 1 is 1.33 bits per heavy atom. The number of aromatic amines is 1. The molecular weight excluding hydrogens is 434 g/mol. The van der Waals surface area contributed by atoms with E-state index in [1.54, 1.807) is 30.7 Å². The molecule has 2 aromatic heterocycles. The van der Waals surface area contributed by atoms with Crippen LogP contribution in [0.3, 0.4) is 0 Å². The average molecular weight is 463 g/mol. The molecule has 0 spiro atoms. The van der Waals surface area contributed by atoms with Crippen molar-refractivity contribution in [3.05, 3.63) is 22.6 Å². The second-order valence-electron chi connectivity index (χ2n) is 9.09. The fraction of sp³-hybridized carbons (Fsp3) is 0.619. The number of anilines is 1. The highest BCUT2D eigenvalue weighted by Gasteiger charge is 2.56. The van der Waals surface area contributed by atoms with Crippen molar-refractivity contribution in [3.63, 3.8) is 0 Å². The number of fused-ring (bicyclic) bond motifs is 2. The van der Waals surface area contributed by atoms with E-state index in [0.717, 1.165) is 0 Å². The molecule has 2 fully saturated rings. The average Bonchev–Trinajstić information content (AvgIpc) is 3.34. The fourth-order valence-electron chi connectivity index (χ4n) is 4.25. The predicted molar refractivity (Wildman–Crippen MR) is 116 cm³/mol. The second kappa shape index (κ2) is 8.43. The standard InChI is InChI=1S/C21H29N5O7/c1-9(2)13(23-10(3)27)19(29)30-8-12-14-15(33-21(4,5)32-14)18(31-12)26-7-6-11-16(26)24-20(22)25-17(11)28/h6-7,9,12-15,18H,8H2,1-5H3,(H,23,27)(H3,22,24,25,28)/t12-,13+,14-,15?,18-/m1/s1. The second-order valence-corrected chi connectivity index (χ2v) is 9.09. The van der Waals surface area contributed by atoms with Gasteiger partial charge in [0.1, 0.15) is 31.0 Å². The molecule has 12 heteroatoms. The molecular formula is C21H29N5O7. The van der Waals surface area contributed by atoms with Crippen LogP contribution in [0.1, 0.15) is 40.8 Å². The van der Waals surface area contributed by atoms with E-state index in [-0.39, 0.29) is 29.9 Å². The Labute approximate surface area is 189 Å². The van der Waals surface area contributed by atoms with Crippen molar-refractivity contribution in [1.29, 1.82) is 0 Å². The highest BCUT2D eigenvalue weighted by Crippen LogP contribution is 2.43. The van der Waals surface area contributed by atoms with E-state index in [1.807, 2.05) is 13.8 Å². The van der Waals surface area contributed by atoms with Crippen LogP contribution in [-0.4, -0.2) is 63.2 Å². The first kappa shape index (κ1) is 23.2. The van der Waals surface area contributed by atoms with Crippen molar-refractivity contribution in [3.8, 4) is 0 Å². The van der Waals surface area contributed by atoms with Crippen molar-refractivity contribution >= 4 is 28.9 Å². The number of ether oxygens (including phenoxy) is 4. The summed E-state index contributed by atoms with van der Waals surface area (Å²) in [6.07, 6.45) is -0.746. The summed E-state index contributed by atoms with van der Waals surface area (Å²) in [6.45, 7) is 8.44. The first-order valence-corrected chi connectivity index (χ1v) is 10.8. The minimum atomic E-state index is -0.886. The van der Waals surface area contributed by atoms with E-state index >= 15 is 0 Å². The SMILES string of the molecule is CC(=O)N[C@H](C(=O)OC[C@H]1O[C@@H](n2ccc3c(=O)[nH]c(N)nc32)C2OC(C)(C)O[C@@H]21)C(C)C. The third-order valence-electron chi connectivity index (χ3n) is 5.67. The molecule has 4 N–H and O–H groups in total. The Morgan fingerprint density at radius 3 is 2.70 bits per heavy atom. The summed E-state index contributed by atoms with van der Waals surface area (Å²) in [6, 6.07) is 0.841. The zero-order chi connectivity index (χ0) is 24.1.